The van der Waals surface area contributed by atoms with Crippen molar-refractivity contribution < 1.29 is 9.53 Å². The lowest BCUT2D eigenvalue weighted by molar-refractivity contribution is -0.119. The van der Waals surface area contributed by atoms with Crippen molar-refractivity contribution in [1.29, 1.82) is 0 Å². The van der Waals surface area contributed by atoms with E-state index in [1.165, 1.54) is 0 Å². The first-order valence-corrected chi connectivity index (χ1v) is 6.12. The van der Waals surface area contributed by atoms with Crippen molar-refractivity contribution in [3.05, 3.63) is 34.9 Å². The molecule has 1 rings (SSSR count). The maximum Gasteiger partial charge on any atom is 0.137 e. The molecular weight excluding hydrogens is 236 g/mol. The molecule has 0 aliphatic rings. The Morgan fingerprint density at radius 3 is 2.71 bits per heavy atom. The SMILES string of the molecule is COC(C)(C)CCC(=O)Cc1cccc(Cl)c1. The Labute approximate surface area is 108 Å². The topological polar surface area (TPSA) is 26.3 Å². The van der Waals surface area contributed by atoms with E-state index >= 15 is 0 Å². The fraction of sp³-hybridized carbons (Fsp3) is 0.500. The van der Waals surface area contributed by atoms with Crippen LogP contribution in [-0.2, 0) is 16.0 Å². The van der Waals surface area contributed by atoms with E-state index in [0.717, 1.165) is 12.0 Å². The highest BCUT2D eigenvalue weighted by molar-refractivity contribution is 6.30. The van der Waals surface area contributed by atoms with Gasteiger partial charge in [-0.3, -0.25) is 4.79 Å². The van der Waals surface area contributed by atoms with E-state index in [0.29, 0.717) is 17.9 Å². The van der Waals surface area contributed by atoms with Gasteiger partial charge in [0, 0.05) is 25.0 Å². The number of ketones is 1. The number of halogens is 1. The molecule has 0 spiro atoms. The molecule has 1 aromatic carbocycles. The molecule has 0 aliphatic heterocycles. The van der Waals surface area contributed by atoms with Gasteiger partial charge < -0.3 is 4.74 Å². The van der Waals surface area contributed by atoms with Gasteiger partial charge in [0.25, 0.3) is 0 Å². The van der Waals surface area contributed by atoms with Crippen LogP contribution >= 0.6 is 11.6 Å². The van der Waals surface area contributed by atoms with E-state index < -0.39 is 0 Å². The van der Waals surface area contributed by atoms with Crippen LogP contribution in [0.5, 0.6) is 0 Å². The van der Waals surface area contributed by atoms with E-state index in [1.807, 2.05) is 38.1 Å². The summed E-state index contributed by atoms with van der Waals surface area (Å²) in [6.45, 7) is 3.97. The number of hydrogen-bond acceptors (Lipinski definition) is 2. The third-order valence-corrected chi connectivity index (χ3v) is 3.08. The van der Waals surface area contributed by atoms with Crippen molar-refractivity contribution in [3.8, 4) is 0 Å². The Balaban J connectivity index is 2.45. The van der Waals surface area contributed by atoms with Crippen molar-refractivity contribution >= 4 is 17.4 Å². The molecule has 0 radical (unpaired) electrons. The van der Waals surface area contributed by atoms with E-state index in [2.05, 4.69) is 0 Å². The van der Waals surface area contributed by atoms with Crippen LogP contribution in [0.3, 0.4) is 0 Å². The molecule has 0 aromatic heterocycles. The molecular formula is C14H19ClO2. The predicted octanol–water partition coefficient (Wildman–Crippen LogP) is 3.66. The Hall–Kier alpha value is -0.860. The van der Waals surface area contributed by atoms with Crippen LogP contribution in [0.2, 0.25) is 5.02 Å². The van der Waals surface area contributed by atoms with Crippen molar-refractivity contribution in [3.63, 3.8) is 0 Å². The van der Waals surface area contributed by atoms with Crippen molar-refractivity contribution in [2.75, 3.05) is 7.11 Å². The molecule has 0 saturated carbocycles. The third-order valence-electron chi connectivity index (χ3n) is 2.85. The summed E-state index contributed by atoms with van der Waals surface area (Å²) < 4.78 is 5.28. The largest absolute Gasteiger partial charge is 0.379 e. The molecule has 17 heavy (non-hydrogen) atoms. The van der Waals surface area contributed by atoms with Crippen LogP contribution in [-0.4, -0.2) is 18.5 Å². The number of methoxy groups -OCH3 is 1. The fourth-order valence-electron chi connectivity index (χ4n) is 1.51. The molecule has 0 heterocycles. The number of ether oxygens (including phenoxy) is 1. The first-order chi connectivity index (χ1) is 7.93. The number of carbonyl (C=O) groups is 1. The molecule has 0 saturated heterocycles. The quantitative estimate of drug-likeness (QED) is 0.775. The molecule has 0 aliphatic carbocycles. The molecule has 94 valence electrons. The van der Waals surface area contributed by atoms with Crippen LogP contribution in [0.4, 0.5) is 0 Å². The minimum Gasteiger partial charge on any atom is -0.379 e. The minimum absolute atomic E-state index is 0.220. The summed E-state index contributed by atoms with van der Waals surface area (Å²) in [6.07, 6.45) is 1.72. The van der Waals surface area contributed by atoms with E-state index in [-0.39, 0.29) is 11.4 Å². The van der Waals surface area contributed by atoms with Gasteiger partial charge in [-0.15, -0.1) is 0 Å². The van der Waals surface area contributed by atoms with Gasteiger partial charge in [0.15, 0.2) is 0 Å². The van der Waals surface area contributed by atoms with E-state index in [9.17, 15) is 4.79 Å². The molecule has 0 N–H and O–H groups in total. The highest BCUT2D eigenvalue weighted by atomic mass is 35.5. The predicted molar refractivity (Wildman–Crippen MR) is 70.5 cm³/mol. The molecule has 0 fully saturated rings. The number of hydrogen-bond donors (Lipinski definition) is 0. The molecule has 3 heteroatoms. The highest BCUT2D eigenvalue weighted by Gasteiger charge is 2.17. The van der Waals surface area contributed by atoms with E-state index in [1.54, 1.807) is 7.11 Å². The lowest BCUT2D eigenvalue weighted by atomic mass is 9.98. The summed E-state index contributed by atoms with van der Waals surface area (Å²) in [6, 6.07) is 7.43. The first-order valence-electron chi connectivity index (χ1n) is 5.74. The standard InChI is InChI=1S/C14H19ClO2/c1-14(2,17-3)8-7-13(16)10-11-5-4-6-12(15)9-11/h4-6,9H,7-8,10H2,1-3H3. The van der Waals surface area contributed by atoms with Gasteiger partial charge in [0.1, 0.15) is 5.78 Å². The minimum atomic E-state index is -0.232. The smallest absolute Gasteiger partial charge is 0.137 e. The summed E-state index contributed by atoms with van der Waals surface area (Å²) in [7, 11) is 1.67. The summed E-state index contributed by atoms with van der Waals surface area (Å²) >= 11 is 5.87. The average Bonchev–Trinajstić information content (AvgIpc) is 2.27. The Kier molecular flexibility index (Phi) is 5.16. The Morgan fingerprint density at radius 2 is 2.12 bits per heavy atom. The van der Waals surface area contributed by atoms with Crippen molar-refractivity contribution in [2.24, 2.45) is 0 Å². The molecule has 0 amide bonds. The zero-order chi connectivity index (χ0) is 12.9. The number of rotatable bonds is 6. The van der Waals surface area contributed by atoms with Crippen molar-refractivity contribution in [1.82, 2.24) is 0 Å². The molecule has 0 atom stereocenters. The van der Waals surface area contributed by atoms with Crippen LogP contribution in [0.25, 0.3) is 0 Å². The summed E-state index contributed by atoms with van der Waals surface area (Å²) in [4.78, 5) is 11.8. The number of Topliss-reactive ketones (excluding diaryl/α,β-unsaturated/α-hetero) is 1. The van der Waals surface area contributed by atoms with Crippen LogP contribution in [0, 0.1) is 0 Å². The zero-order valence-corrected chi connectivity index (χ0v) is 11.4. The highest BCUT2D eigenvalue weighted by Crippen LogP contribution is 2.17. The monoisotopic (exact) mass is 254 g/mol. The second kappa shape index (κ2) is 6.18. The normalized spacial score (nSPS) is 11.5. The second-order valence-corrected chi connectivity index (χ2v) is 5.25. The zero-order valence-electron chi connectivity index (χ0n) is 10.6. The van der Waals surface area contributed by atoms with Gasteiger partial charge in [-0.05, 0) is 38.0 Å². The summed E-state index contributed by atoms with van der Waals surface area (Å²) in [5.41, 5.74) is 0.738. The lowest BCUT2D eigenvalue weighted by Crippen LogP contribution is -2.23. The van der Waals surface area contributed by atoms with E-state index in [4.69, 9.17) is 16.3 Å². The summed E-state index contributed by atoms with van der Waals surface area (Å²) in [5, 5.41) is 0.674. The van der Waals surface area contributed by atoms with Gasteiger partial charge in [-0.2, -0.15) is 0 Å². The summed E-state index contributed by atoms with van der Waals surface area (Å²) in [5.74, 6) is 0.220. The maximum atomic E-state index is 11.8. The van der Waals surface area contributed by atoms with Crippen molar-refractivity contribution in [2.45, 2.75) is 38.7 Å². The van der Waals surface area contributed by atoms with Crippen LogP contribution in [0.1, 0.15) is 32.3 Å². The van der Waals surface area contributed by atoms with Gasteiger partial charge in [-0.1, -0.05) is 23.7 Å². The first kappa shape index (κ1) is 14.2. The Morgan fingerprint density at radius 1 is 1.41 bits per heavy atom. The third kappa shape index (κ3) is 5.33. The molecule has 0 unspecified atom stereocenters. The van der Waals surface area contributed by atoms with Gasteiger partial charge >= 0.3 is 0 Å². The fourth-order valence-corrected chi connectivity index (χ4v) is 1.72. The average molecular weight is 255 g/mol. The number of carbonyl (C=O) groups excluding carboxylic acids is 1. The molecule has 0 bridgehead atoms. The van der Waals surface area contributed by atoms with Gasteiger partial charge in [0.05, 0.1) is 5.60 Å². The van der Waals surface area contributed by atoms with Gasteiger partial charge in [0.2, 0.25) is 0 Å². The number of benzene rings is 1. The second-order valence-electron chi connectivity index (χ2n) is 4.81. The van der Waals surface area contributed by atoms with Crippen LogP contribution < -0.4 is 0 Å². The van der Waals surface area contributed by atoms with Gasteiger partial charge in [-0.25, -0.2) is 0 Å². The Bertz CT molecular complexity index is 386. The molecule has 1 aromatic rings. The lowest BCUT2D eigenvalue weighted by Gasteiger charge is -2.22. The molecule has 2 nitrogen and oxygen atoms in total. The maximum absolute atomic E-state index is 11.8. The van der Waals surface area contributed by atoms with Crippen LogP contribution in [0.15, 0.2) is 24.3 Å².